The predicted octanol–water partition coefficient (Wildman–Crippen LogP) is 5.27. The van der Waals surface area contributed by atoms with Gasteiger partial charge in [-0.05, 0) is 67.6 Å². The van der Waals surface area contributed by atoms with E-state index in [0.29, 0.717) is 17.0 Å². The number of hydrogen-bond donors (Lipinski definition) is 2. The standard InChI is InChI=1S/C29H37N7O/c1-18(2)35-26(37)23-17-32-27(33-21-9-8-20-16-30-12-10-19(20)14-21)34-25(23)36(35)22-11-13-31-24(15-22)29(6,7)28(3,4)5/h8-9,11,13-15,17-18,30H,10,12,16H2,1-7H3,(H,32,33,34). The molecule has 0 unspecified atom stereocenters. The molecule has 194 valence electrons. The van der Waals surface area contributed by atoms with Crippen LogP contribution in [0.5, 0.6) is 0 Å². The predicted molar refractivity (Wildman–Crippen MR) is 149 cm³/mol. The molecule has 0 saturated carbocycles. The van der Waals surface area contributed by atoms with Gasteiger partial charge in [0, 0.05) is 41.8 Å². The molecule has 1 aliphatic heterocycles. The largest absolute Gasteiger partial charge is 0.324 e. The second kappa shape index (κ2) is 9.10. The molecule has 0 amide bonds. The highest BCUT2D eigenvalue weighted by Gasteiger charge is 2.36. The number of pyridine rings is 1. The smallest absolute Gasteiger partial charge is 0.278 e. The summed E-state index contributed by atoms with van der Waals surface area (Å²) in [4.78, 5) is 27.5. The fourth-order valence-corrected chi connectivity index (χ4v) is 4.74. The lowest BCUT2D eigenvalue weighted by Crippen LogP contribution is -2.35. The number of nitrogens with one attached hydrogen (secondary N) is 2. The third-order valence-electron chi connectivity index (χ3n) is 7.96. The zero-order chi connectivity index (χ0) is 26.5. The first kappa shape index (κ1) is 25.1. The number of aromatic nitrogens is 5. The quantitative estimate of drug-likeness (QED) is 0.389. The summed E-state index contributed by atoms with van der Waals surface area (Å²) in [5, 5.41) is 7.25. The van der Waals surface area contributed by atoms with Crippen LogP contribution in [0.4, 0.5) is 11.6 Å². The van der Waals surface area contributed by atoms with Gasteiger partial charge in [-0.2, -0.15) is 4.98 Å². The lowest BCUT2D eigenvalue weighted by molar-refractivity contribution is 0.219. The average molecular weight is 500 g/mol. The molecule has 5 rings (SSSR count). The van der Waals surface area contributed by atoms with E-state index >= 15 is 0 Å². The van der Waals surface area contributed by atoms with Gasteiger partial charge in [0.2, 0.25) is 5.95 Å². The van der Waals surface area contributed by atoms with Crippen molar-refractivity contribution < 1.29 is 0 Å². The van der Waals surface area contributed by atoms with E-state index < -0.39 is 0 Å². The van der Waals surface area contributed by atoms with Crippen LogP contribution in [0.2, 0.25) is 0 Å². The second-order valence-electron chi connectivity index (χ2n) is 11.8. The third kappa shape index (κ3) is 4.44. The van der Waals surface area contributed by atoms with Gasteiger partial charge in [0.15, 0.2) is 5.65 Å². The Hall–Kier alpha value is -3.52. The van der Waals surface area contributed by atoms with Crippen LogP contribution in [0.15, 0.2) is 47.5 Å². The Morgan fingerprint density at radius 2 is 1.81 bits per heavy atom. The summed E-state index contributed by atoms with van der Waals surface area (Å²) >= 11 is 0. The summed E-state index contributed by atoms with van der Waals surface area (Å²) in [7, 11) is 0. The number of nitrogens with zero attached hydrogens (tertiary/aromatic N) is 5. The van der Waals surface area contributed by atoms with Crippen molar-refractivity contribution in [2.24, 2.45) is 5.41 Å². The minimum atomic E-state index is -0.182. The Morgan fingerprint density at radius 1 is 1.03 bits per heavy atom. The summed E-state index contributed by atoms with van der Waals surface area (Å²) in [6, 6.07) is 10.3. The zero-order valence-corrected chi connectivity index (χ0v) is 22.9. The van der Waals surface area contributed by atoms with Crippen LogP contribution >= 0.6 is 0 Å². The first-order valence-electron chi connectivity index (χ1n) is 13.0. The number of rotatable bonds is 5. The van der Waals surface area contributed by atoms with Gasteiger partial charge in [0.1, 0.15) is 5.39 Å². The van der Waals surface area contributed by atoms with Crippen molar-refractivity contribution in [1.82, 2.24) is 29.6 Å². The molecule has 0 spiro atoms. The molecule has 3 aromatic heterocycles. The van der Waals surface area contributed by atoms with E-state index in [1.807, 2.05) is 30.8 Å². The maximum absolute atomic E-state index is 13.5. The molecule has 4 heterocycles. The van der Waals surface area contributed by atoms with E-state index in [0.717, 1.165) is 36.6 Å². The molecule has 0 aliphatic carbocycles. The number of fused-ring (bicyclic) bond motifs is 2. The fraction of sp³-hybridized carbons (Fsp3) is 0.448. The van der Waals surface area contributed by atoms with Crippen molar-refractivity contribution in [3.05, 3.63) is 69.9 Å². The highest BCUT2D eigenvalue weighted by molar-refractivity contribution is 5.77. The Labute approximate surface area is 218 Å². The van der Waals surface area contributed by atoms with Crippen LogP contribution in [0, 0.1) is 5.41 Å². The van der Waals surface area contributed by atoms with Gasteiger partial charge in [-0.25, -0.2) is 14.3 Å². The minimum absolute atomic E-state index is 0.000702. The van der Waals surface area contributed by atoms with Crippen LogP contribution in [0.3, 0.4) is 0 Å². The van der Waals surface area contributed by atoms with Crippen molar-refractivity contribution in [1.29, 1.82) is 0 Å². The van der Waals surface area contributed by atoms with Crippen LogP contribution in [0.25, 0.3) is 16.7 Å². The molecule has 0 fully saturated rings. The Bertz CT molecular complexity index is 1520. The van der Waals surface area contributed by atoms with Crippen molar-refractivity contribution in [3.8, 4) is 5.69 Å². The summed E-state index contributed by atoms with van der Waals surface area (Å²) in [6.45, 7) is 17.0. The van der Waals surface area contributed by atoms with Crippen molar-refractivity contribution in [2.75, 3.05) is 11.9 Å². The number of hydrogen-bond acceptors (Lipinski definition) is 6. The molecule has 0 radical (unpaired) electrons. The Balaban J connectivity index is 1.63. The molecule has 8 heteroatoms. The van der Waals surface area contributed by atoms with E-state index in [4.69, 9.17) is 9.97 Å². The summed E-state index contributed by atoms with van der Waals surface area (Å²) < 4.78 is 3.66. The fourth-order valence-electron chi connectivity index (χ4n) is 4.74. The molecular formula is C29H37N7O. The lowest BCUT2D eigenvalue weighted by Gasteiger charge is -2.38. The van der Waals surface area contributed by atoms with E-state index in [1.165, 1.54) is 11.1 Å². The molecule has 0 bridgehead atoms. The van der Waals surface area contributed by atoms with E-state index in [2.05, 4.69) is 74.5 Å². The third-order valence-corrected chi connectivity index (χ3v) is 7.96. The zero-order valence-electron chi connectivity index (χ0n) is 22.9. The molecule has 1 aromatic carbocycles. The molecule has 2 N–H and O–H groups in total. The van der Waals surface area contributed by atoms with Gasteiger partial charge < -0.3 is 10.6 Å². The molecule has 4 aromatic rings. The van der Waals surface area contributed by atoms with Gasteiger partial charge in [-0.3, -0.25) is 9.78 Å². The van der Waals surface area contributed by atoms with Crippen molar-refractivity contribution in [2.45, 2.75) is 72.9 Å². The van der Waals surface area contributed by atoms with Crippen molar-refractivity contribution >= 4 is 22.7 Å². The van der Waals surface area contributed by atoms with Crippen LogP contribution in [-0.4, -0.2) is 30.9 Å². The maximum atomic E-state index is 13.5. The van der Waals surface area contributed by atoms with Gasteiger partial charge in [-0.1, -0.05) is 40.7 Å². The van der Waals surface area contributed by atoms with Crippen LogP contribution < -0.4 is 16.2 Å². The monoisotopic (exact) mass is 499 g/mol. The normalized spacial score (nSPS) is 14.3. The summed E-state index contributed by atoms with van der Waals surface area (Å²) in [6.07, 6.45) is 4.45. The van der Waals surface area contributed by atoms with Crippen LogP contribution in [-0.2, 0) is 18.4 Å². The summed E-state index contributed by atoms with van der Waals surface area (Å²) in [5.41, 5.74) is 5.71. The molecule has 8 nitrogen and oxygen atoms in total. The SMILES string of the molecule is CC(C)n1c(=O)c2cnc(Nc3ccc4c(c3)CCNC4)nc2n1-c1ccnc(C(C)(C)C(C)(C)C)c1. The van der Waals surface area contributed by atoms with Gasteiger partial charge >= 0.3 is 0 Å². The molecule has 0 atom stereocenters. The molecule has 1 aliphatic rings. The molecule has 37 heavy (non-hydrogen) atoms. The number of anilines is 2. The first-order valence-corrected chi connectivity index (χ1v) is 13.0. The van der Waals surface area contributed by atoms with E-state index in [9.17, 15) is 4.79 Å². The summed E-state index contributed by atoms with van der Waals surface area (Å²) in [5.74, 6) is 0.459. The van der Waals surface area contributed by atoms with Crippen LogP contribution in [0.1, 0.15) is 71.3 Å². The van der Waals surface area contributed by atoms with Gasteiger partial charge in [0.05, 0.1) is 5.69 Å². The maximum Gasteiger partial charge on any atom is 0.278 e. The highest BCUT2D eigenvalue weighted by Crippen LogP contribution is 2.40. The Kier molecular flexibility index (Phi) is 6.18. The highest BCUT2D eigenvalue weighted by atomic mass is 16.1. The molecular weight excluding hydrogens is 462 g/mol. The topological polar surface area (TPSA) is 89.7 Å². The number of benzene rings is 1. The second-order valence-corrected chi connectivity index (χ2v) is 11.8. The van der Waals surface area contributed by atoms with Gasteiger partial charge in [0.25, 0.3) is 5.56 Å². The lowest BCUT2D eigenvalue weighted by atomic mass is 9.67. The average Bonchev–Trinajstić information content (AvgIpc) is 3.15. The Morgan fingerprint density at radius 3 is 2.54 bits per heavy atom. The van der Waals surface area contributed by atoms with Crippen molar-refractivity contribution in [3.63, 3.8) is 0 Å². The first-order chi connectivity index (χ1) is 17.5. The molecule has 0 saturated heterocycles. The minimum Gasteiger partial charge on any atom is -0.324 e. The van der Waals surface area contributed by atoms with Gasteiger partial charge in [-0.15, -0.1) is 0 Å². The van der Waals surface area contributed by atoms with E-state index in [1.54, 1.807) is 10.9 Å². The van der Waals surface area contributed by atoms with E-state index in [-0.39, 0.29) is 22.4 Å².